The first-order valence-corrected chi connectivity index (χ1v) is 6.41. The van der Waals surface area contributed by atoms with Crippen LogP contribution in [-0.2, 0) is 22.3 Å². The summed E-state index contributed by atoms with van der Waals surface area (Å²) < 4.78 is 22.0. The van der Waals surface area contributed by atoms with Crippen LogP contribution in [0, 0.1) is 11.8 Å². The number of hydrogen-bond acceptors (Lipinski definition) is 4. The Labute approximate surface area is 106 Å². The number of methoxy groups -OCH3 is 1. The summed E-state index contributed by atoms with van der Waals surface area (Å²) in [6.07, 6.45) is 2.01. The van der Waals surface area contributed by atoms with E-state index in [-0.39, 0.29) is 6.29 Å². The van der Waals surface area contributed by atoms with Gasteiger partial charge in [-0.05, 0) is 42.0 Å². The van der Waals surface area contributed by atoms with E-state index in [1.54, 1.807) is 7.11 Å². The van der Waals surface area contributed by atoms with Crippen LogP contribution in [0.15, 0.2) is 12.1 Å². The smallest absolute Gasteiger partial charge is 0.231 e. The summed E-state index contributed by atoms with van der Waals surface area (Å²) in [5.74, 6) is 2.81. The Hall–Kier alpha value is -1.26. The average Bonchev–Trinajstić information content (AvgIpc) is 2.98. The molecule has 1 aromatic carbocycles. The maximum Gasteiger partial charge on any atom is 0.231 e. The molecule has 0 radical (unpaired) electrons. The number of fused-ring (bicyclic) bond motifs is 3. The highest BCUT2D eigenvalue weighted by atomic mass is 16.7. The van der Waals surface area contributed by atoms with Crippen molar-refractivity contribution in [2.75, 3.05) is 20.5 Å². The first-order chi connectivity index (χ1) is 8.85. The van der Waals surface area contributed by atoms with Crippen LogP contribution in [0.5, 0.6) is 11.5 Å². The molecule has 96 valence electrons. The molecule has 4 nitrogen and oxygen atoms in total. The third kappa shape index (κ3) is 1.45. The SMILES string of the molecule is CO[C@H]1OC[C@H]2Cc3cc4c(cc3C[C@H]21)OCO4. The highest BCUT2D eigenvalue weighted by molar-refractivity contribution is 5.50. The average molecular weight is 248 g/mol. The Balaban J connectivity index is 1.70. The molecule has 0 bridgehead atoms. The molecule has 0 unspecified atom stereocenters. The van der Waals surface area contributed by atoms with Crippen molar-refractivity contribution in [1.29, 1.82) is 0 Å². The fourth-order valence-corrected chi connectivity index (χ4v) is 3.35. The molecule has 4 heteroatoms. The standard InChI is InChI=1S/C14H16O4/c1-15-14-11-3-9-5-13-12(17-7-18-13)4-8(9)2-10(11)6-16-14/h4-5,10-11,14H,2-3,6-7H2,1H3/t10-,11-,14+/m1/s1. The number of ether oxygens (including phenoxy) is 4. The van der Waals surface area contributed by atoms with E-state index in [0.717, 1.165) is 30.9 Å². The molecular formula is C14H16O4. The van der Waals surface area contributed by atoms with Gasteiger partial charge in [-0.3, -0.25) is 0 Å². The Kier molecular flexibility index (Phi) is 2.29. The molecule has 0 aromatic heterocycles. The predicted molar refractivity (Wildman–Crippen MR) is 63.7 cm³/mol. The summed E-state index contributed by atoms with van der Waals surface area (Å²) in [5.41, 5.74) is 2.73. The summed E-state index contributed by atoms with van der Waals surface area (Å²) in [7, 11) is 1.72. The quantitative estimate of drug-likeness (QED) is 0.758. The van der Waals surface area contributed by atoms with Crippen molar-refractivity contribution in [3.8, 4) is 11.5 Å². The van der Waals surface area contributed by atoms with Gasteiger partial charge in [0, 0.05) is 13.0 Å². The van der Waals surface area contributed by atoms with Gasteiger partial charge >= 0.3 is 0 Å². The van der Waals surface area contributed by atoms with Crippen LogP contribution in [0.25, 0.3) is 0 Å². The Morgan fingerprint density at radius 3 is 2.56 bits per heavy atom. The van der Waals surface area contributed by atoms with Crippen LogP contribution in [-0.4, -0.2) is 26.8 Å². The lowest BCUT2D eigenvalue weighted by Gasteiger charge is -2.28. The Bertz CT molecular complexity index is 485. The minimum Gasteiger partial charge on any atom is -0.454 e. The van der Waals surface area contributed by atoms with Gasteiger partial charge in [0.05, 0.1) is 6.61 Å². The fourth-order valence-electron chi connectivity index (χ4n) is 3.35. The van der Waals surface area contributed by atoms with E-state index in [0.29, 0.717) is 18.6 Å². The molecule has 1 fully saturated rings. The fraction of sp³-hybridized carbons (Fsp3) is 0.571. The summed E-state index contributed by atoms with van der Waals surface area (Å²) >= 11 is 0. The molecule has 2 heterocycles. The number of hydrogen-bond donors (Lipinski definition) is 0. The van der Waals surface area contributed by atoms with Gasteiger partial charge in [0.2, 0.25) is 6.79 Å². The lowest BCUT2D eigenvalue weighted by Crippen LogP contribution is -2.29. The molecule has 1 aromatic rings. The van der Waals surface area contributed by atoms with E-state index in [4.69, 9.17) is 18.9 Å². The van der Waals surface area contributed by atoms with E-state index >= 15 is 0 Å². The van der Waals surface area contributed by atoms with E-state index < -0.39 is 0 Å². The van der Waals surface area contributed by atoms with Crippen molar-refractivity contribution in [2.45, 2.75) is 19.1 Å². The molecule has 0 N–H and O–H groups in total. The Morgan fingerprint density at radius 2 is 1.83 bits per heavy atom. The number of benzene rings is 1. The highest BCUT2D eigenvalue weighted by Crippen LogP contribution is 2.43. The van der Waals surface area contributed by atoms with Crippen LogP contribution in [0.1, 0.15) is 11.1 Å². The molecule has 4 rings (SSSR count). The number of rotatable bonds is 1. The van der Waals surface area contributed by atoms with Gasteiger partial charge in [0.1, 0.15) is 0 Å². The summed E-state index contributed by atoms with van der Waals surface area (Å²) in [6.45, 7) is 1.14. The van der Waals surface area contributed by atoms with Gasteiger partial charge in [0.25, 0.3) is 0 Å². The van der Waals surface area contributed by atoms with Gasteiger partial charge in [0.15, 0.2) is 17.8 Å². The molecule has 1 saturated heterocycles. The van der Waals surface area contributed by atoms with E-state index in [1.165, 1.54) is 11.1 Å². The lowest BCUT2D eigenvalue weighted by atomic mass is 9.77. The second-order valence-electron chi connectivity index (χ2n) is 5.24. The normalized spacial score (nSPS) is 32.2. The molecule has 3 atom stereocenters. The van der Waals surface area contributed by atoms with Crippen molar-refractivity contribution < 1.29 is 18.9 Å². The van der Waals surface area contributed by atoms with Crippen molar-refractivity contribution in [3.05, 3.63) is 23.3 Å². The van der Waals surface area contributed by atoms with Crippen LogP contribution >= 0.6 is 0 Å². The molecule has 0 amide bonds. The van der Waals surface area contributed by atoms with Crippen molar-refractivity contribution in [3.63, 3.8) is 0 Å². The summed E-state index contributed by atoms with van der Waals surface area (Å²) in [4.78, 5) is 0. The second-order valence-corrected chi connectivity index (χ2v) is 5.24. The zero-order valence-corrected chi connectivity index (χ0v) is 10.3. The van der Waals surface area contributed by atoms with Crippen LogP contribution in [0.2, 0.25) is 0 Å². The molecule has 2 aliphatic heterocycles. The minimum absolute atomic E-state index is 0.0476. The highest BCUT2D eigenvalue weighted by Gasteiger charge is 2.41. The van der Waals surface area contributed by atoms with Crippen LogP contribution in [0.4, 0.5) is 0 Å². The van der Waals surface area contributed by atoms with Crippen molar-refractivity contribution in [2.24, 2.45) is 11.8 Å². The third-order valence-electron chi connectivity index (χ3n) is 4.29. The summed E-state index contributed by atoms with van der Waals surface area (Å²) in [6, 6.07) is 4.26. The topological polar surface area (TPSA) is 36.9 Å². The maximum atomic E-state index is 5.70. The minimum atomic E-state index is -0.0476. The zero-order chi connectivity index (χ0) is 12.1. The molecule has 0 spiro atoms. The first-order valence-electron chi connectivity index (χ1n) is 6.41. The Morgan fingerprint density at radius 1 is 1.11 bits per heavy atom. The molecule has 1 aliphatic carbocycles. The third-order valence-corrected chi connectivity index (χ3v) is 4.29. The van der Waals surface area contributed by atoms with Gasteiger partial charge in [-0.15, -0.1) is 0 Å². The van der Waals surface area contributed by atoms with Crippen LogP contribution < -0.4 is 9.47 Å². The van der Waals surface area contributed by atoms with Gasteiger partial charge in [-0.1, -0.05) is 0 Å². The van der Waals surface area contributed by atoms with E-state index in [9.17, 15) is 0 Å². The molecular weight excluding hydrogens is 232 g/mol. The summed E-state index contributed by atoms with van der Waals surface area (Å²) in [5, 5.41) is 0. The molecule has 3 aliphatic rings. The predicted octanol–water partition coefficient (Wildman–Crippen LogP) is 1.75. The van der Waals surface area contributed by atoms with E-state index in [2.05, 4.69) is 12.1 Å². The second kappa shape index (κ2) is 3.87. The largest absolute Gasteiger partial charge is 0.454 e. The molecule has 18 heavy (non-hydrogen) atoms. The monoisotopic (exact) mass is 248 g/mol. The lowest BCUT2D eigenvalue weighted by molar-refractivity contribution is -0.110. The first kappa shape index (κ1) is 10.6. The zero-order valence-electron chi connectivity index (χ0n) is 10.3. The molecule has 0 saturated carbocycles. The maximum absolute atomic E-state index is 5.70. The van der Waals surface area contributed by atoms with Gasteiger partial charge < -0.3 is 18.9 Å². The van der Waals surface area contributed by atoms with Crippen molar-refractivity contribution in [1.82, 2.24) is 0 Å². The van der Waals surface area contributed by atoms with Gasteiger partial charge in [-0.2, -0.15) is 0 Å². The van der Waals surface area contributed by atoms with E-state index in [1.807, 2.05) is 0 Å². The van der Waals surface area contributed by atoms with Gasteiger partial charge in [-0.25, -0.2) is 0 Å². The van der Waals surface area contributed by atoms with Crippen LogP contribution in [0.3, 0.4) is 0 Å². The van der Waals surface area contributed by atoms with Crippen molar-refractivity contribution >= 4 is 0 Å².